The summed E-state index contributed by atoms with van der Waals surface area (Å²) >= 11 is 0. The van der Waals surface area contributed by atoms with E-state index >= 15 is 0 Å². The van der Waals surface area contributed by atoms with Crippen LogP contribution in [0, 0.1) is 5.41 Å². The zero-order valence-corrected chi connectivity index (χ0v) is 6.80. The highest BCUT2D eigenvalue weighted by molar-refractivity contribution is 5.04. The van der Waals surface area contributed by atoms with Crippen LogP contribution < -0.4 is 0 Å². The van der Waals surface area contributed by atoms with Crippen LogP contribution in [0.2, 0.25) is 0 Å². The SMILES string of the molecule is C=CCN1C=CC(C)(C)C1. The molecule has 0 bridgehead atoms. The van der Waals surface area contributed by atoms with Gasteiger partial charge in [0.15, 0.2) is 0 Å². The summed E-state index contributed by atoms with van der Waals surface area (Å²) in [6, 6.07) is 0. The first kappa shape index (κ1) is 7.39. The standard InChI is InChI=1S/C9H15N/c1-4-6-10-7-5-9(2,3)8-10/h4-5,7H,1,6,8H2,2-3H3. The molecule has 1 rings (SSSR count). The highest BCUT2D eigenvalue weighted by Gasteiger charge is 2.21. The van der Waals surface area contributed by atoms with E-state index < -0.39 is 0 Å². The molecule has 0 aromatic rings. The maximum atomic E-state index is 3.70. The van der Waals surface area contributed by atoms with Gasteiger partial charge in [-0.15, -0.1) is 6.58 Å². The molecule has 0 aliphatic carbocycles. The molecule has 0 radical (unpaired) electrons. The predicted octanol–water partition coefficient (Wildman–Crippen LogP) is 2.03. The van der Waals surface area contributed by atoms with Crippen molar-refractivity contribution in [1.82, 2.24) is 4.90 Å². The van der Waals surface area contributed by atoms with Gasteiger partial charge in [0, 0.05) is 18.5 Å². The van der Waals surface area contributed by atoms with E-state index in [9.17, 15) is 0 Å². The molecule has 0 amide bonds. The first-order valence-electron chi connectivity index (χ1n) is 3.68. The minimum Gasteiger partial charge on any atom is -0.373 e. The molecular weight excluding hydrogens is 122 g/mol. The molecule has 0 aromatic carbocycles. The molecule has 10 heavy (non-hydrogen) atoms. The molecule has 0 saturated heterocycles. The van der Waals surface area contributed by atoms with E-state index in [1.54, 1.807) is 0 Å². The van der Waals surface area contributed by atoms with Gasteiger partial charge in [-0.2, -0.15) is 0 Å². The second-order valence-corrected chi connectivity index (χ2v) is 3.52. The zero-order valence-electron chi connectivity index (χ0n) is 6.80. The second-order valence-electron chi connectivity index (χ2n) is 3.52. The summed E-state index contributed by atoms with van der Waals surface area (Å²) in [5, 5.41) is 0. The quantitative estimate of drug-likeness (QED) is 0.526. The third-order valence-corrected chi connectivity index (χ3v) is 1.71. The minimum absolute atomic E-state index is 0.364. The van der Waals surface area contributed by atoms with Gasteiger partial charge < -0.3 is 4.90 Å². The Hall–Kier alpha value is -0.720. The molecule has 0 unspecified atom stereocenters. The summed E-state index contributed by atoms with van der Waals surface area (Å²) in [6.07, 6.45) is 6.34. The van der Waals surface area contributed by atoms with Crippen molar-refractivity contribution in [2.75, 3.05) is 13.1 Å². The van der Waals surface area contributed by atoms with Crippen LogP contribution in [-0.4, -0.2) is 18.0 Å². The first-order chi connectivity index (χ1) is 4.64. The van der Waals surface area contributed by atoms with Crippen LogP contribution in [0.25, 0.3) is 0 Å². The van der Waals surface area contributed by atoms with Crippen molar-refractivity contribution in [1.29, 1.82) is 0 Å². The van der Waals surface area contributed by atoms with Crippen LogP contribution in [0.4, 0.5) is 0 Å². The summed E-state index contributed by atoms with van der Waals surface area (Å²) < 4.78 is 0. The number of hydrogen-bond donors (Lipinski definition) is 0. The van der Waals surface area contributed by atoms with Crippen molar-refractivity contribution in [2.24, 2.45) is 5.41 Å². The average Bonchev–Trinajstić information content (AvgIpc) is 2.12. The topological polar surface area (TPSA) is 3.24 Å². The molecule has 1 aliphatic heterocycles. The second kappa shape index (κ2) is 2.49. The molecule has 1 aliphatic rings. The van der Waals surface area contributed by atoms with E-state index in [1.807, 2.05) is 6.08 Å². The fourth-order valence-electron chi connectivity index (χ4n) is 1.23. The van der Waals surface area contributed by atoms with Crippen LogP contribution in [-0.2, 0) is 0 Å². The van der Waals surface area contributed by atoms with Gasteiger partial charge in [0.25, 0.3) is 0 Å². The van der Waals surface area contributed by atoms with Crippen molar-refractivity contribution >= 4 is 0 Å². The van der Waals surface area contributed by atoms with E-state index in [0.717, 1.165) is 13.1 Å². The van der Waals surface area contributed by atoms with Crippen LogP contribution in [0.3, 0.4) is 0 Å². The lowest BCUT2D eigenvalue weighted by atomic mass is 9.96. The zero-order chi connectivity index (χ0) is 7.61. The average molecular weight is 137 g/mol. The fourth-order valence-corrected chi connectivity index (χ4v) is 1.23. The molecule has 0 fully saturated rings. The van der Waals surface area contributed by atoms with Gasteiger partial charge in [-0.25, -0.2) is 0 Å². The van der Waals surface area contributed by atoms with Crippen LogP contribution in [0.1, 0.15) is 13.8 Å². The third-order valence-electron chi connectivity index (χ3n) is 1.71. The highest BCUT2D eigenvalue weighted by atomic mass is 15.1. The molecule has 0 N–H and O–H groups in total. The lowest BCUT2D eigenvalue weighted by Gasteiger charge is -2.19. The van der Waals surface area contributed by atoms with Crippen LogP contribution in [0.5, 0.6) is 0 Å². The molecule has 0 atom stereocenters. The summed E-state index contributed by atoms with van der Waals surface area (Å²) in [5.41, 5.74) is 0.364. The van der Waals surface area contributed by atoms with Crippen molar-refractivity contribution in [3.8, 4) is 0 Å². The molecule has 1 heterocycles. The maximum absolute atomic E-state index is 3.70. The molecule has 56 valence electrons. The van der Waals surface area contributed by atoms with E-state index in [1.165, 1.54) is 0 Å². The Bertz CT molecular complexity index is 156. The molecular formula is C9H15N. The van der Waals surface area contributed by atoms with Gasteiger partial charge in [-0.1, -0.05) is 26.0 Å². The Labute approximate surface area is 63.0 Å². The van der Waals surface area contributed by atoms with E-state index in [4.69, 9.17) is 0 Å². The van der Waals surface area contributed by atoms with Crippen molar-refractivity contribution in [3.63, 3.8) is 0 Å². The Kier molecular flexibility index (Phi) is 1.84. The Morgan fingerprint density at radius 1 is 1.70 bits per heavy atom. The minimum atomic E-state index is 0.364. The van der Waals surface area contributed by atoms with Gasteiger partial charge in [0.05, 0.1) is 0 Å². The fraction of sp³-hybridized carbons (Fsp3) is 0.556. The van der Waals surface area contributed by atoms with Gasteiger partial charge in [-0.05, 0) is 6.20 Å². The predicted molar refractivity (Wildman–Crippen MR) is 44.7 cm³/mol. The Morgan fingerprint density at radius 3 is 2.80 bits per heavy atom. The lowest BCUT2D eigenvalue weighted by Crippen LogP contribution is -2.22. The smallest absolute Gasteiger partial charge is 0.0351 e. The number of nitrogens with zero attached hydrogens (tertiary/aromatic N) is 1. The summed E-state index contributed by atoms with van der Waals surface area (Å²) in [6.45, 7) is 10.3. The van der Waals surface area contributed by atoms with Gasteiger partial charge in [0.1, 0.15) is 0 Å². The van der Waals surface area contributed by atoms with Gasteiger partial charge in [0.2, 0.25) is 0 Å². The van der Waals surface area contributed by atoms with Crippen molar-refractivity contribution in [3.05, 3.63) is 24.9 Å². The van der Waals surface area contributed by atoms with Gasteiger partial charge >= 0.3 is 0 Å². The van der Waals surface area contributed by atoms with Crippen LogP contribution in [0.15, 0.2) is 24.9 Å². The molecule has 0 saturated carbocycles. The van der Waals surface area contributed by atoms with Crippen LogP contribution >= 0.6 is 0 Å². The summed E-state index contributed by atoms with van der Waals surface area (Å²) in [7, 11) is 0. The third kappa shape index (κ3) is 1.63. The number of hydrogen-bond acceptors (Lipinski definition) is 1. The van der Waals surface area contributed by atoms with E-state index in [2.05, 4.69) is 37.6 Å². The Morgan fingerprint density at radius 2 is 2.40 bits per heavy atom. The first-order valence-corrected chi connectivity index (χ1v) is 3.68. The monoisotopic (exact) mass is 137 g/mol. The number of rotatable bonds is 2. The maximum Gasteiger partial charge on any atom is 0.0351 e. The summed E-state index contributed by atoms with van der Waals surface area (Å²) in [5.74, 6) is 0. The van der Waals surface area contributed by atoms with E-state index in [-0.39, 0.29) is 0 Å². The molecule has 1 nitrogen and oxygen atoms in total. The highest BCUT2D eigenvalue weighted by Crippen LogP contribution is 2.24. The lowest BCUT2D eigenvalue weighted by molar-refractivity contribution is 0.340. The largest absolute Gasteiger partial charge is 0.373 e. The summed E-state index contributed by atoms with van der Waals surface area (Å²) in [4.78, 5) is 2.27. The van der Waals surface area contributed by atoms with E-state index in [0.29, 0.717) is 5.41 Å². The van der Waals surface area contributed by atoms with Crippen molar-refractivity contribution in [2.45, 2.75) is 13.8 Å². The normalized spacial score (nSPS) is 21.6. The molecule has 1 heteroatoms. The van der Waals surface area contributed by atoms with Gasteiger partial charge in [-0.3, -0.25) is 0 Å². The molecule has 0 aromatic heterocycles. The Balaban J connectivity index is 2.45. The van der Waals surface area contributed by atoms with Crippen molar-refractivity contribution < 1.29 is 0 Å². The molecule has 0 spiro atoms.